The van der Waals surface area contributed by atoms with E-state index in [1.165, 1.54) is 0 Å². The Morgan fingerprint density at radius 3 is 1.71 bits per heavy atom. The topological polar surface area (TPSA) is 35.5 Å². The van der Waals surface area contributed by atoms with Crippen LogP contribution >= 0.6 is 0 Å². The van der Waals surface area contributed by atoms with Crippen molar-refractivity contribution >= 4 is 5.97 Å². The summed E-state index contributed by atoms with van der Waals surface area (Å²) in [6.07, 6.45) is -0.856. The molecule has 0 aromatic carbocycles. The number of esters is 1. The maximum absolute atomic E-state index is 11.5. The van der Waals surface area contributed by atoms with E-state index in [4.69, 9.17) is 9.47 Å². The summed E-state index contributed by atoms with van der Waals surface area (Å²) in [5.41, 5.74) is -0.354. The molecule has 0 unspecified atom stereocenters. The molecule has 1 rings (SSSR count). The van der Waals surface area contributed by atoms with E-state index in [9.17, 15) is 4.79 Å². The number of rotatable bonds is 0. The fourth-order valence-corrected chi connectivity index (χ4v) is 1.31. The minimum Gasteiger partial charge on any atom is -0.433 e. The molecule has 1 heterocycles. The molecule has 0 N–H and O–H groups in total. The first-order chi connectivity index (χ1) is 6.12. The average molecular weight is 200 g/mol. The lowest BCUT2D eigenvalue weighted by Gasteiger charge is -2.26. The number of ether oxygens (including phenoxy) is 2. The lowest BCUT2D eigenvalue weighted by atomic mass is 9.89. The van der Waals surface area contributed by atoms with Crippen LogP contribution in [0.4, 0.5) is 0 Å². The molecule has 0 amide bonds. The number of cyclic esters (lactones) is 1. The van der Waals surface area contributed by atoms with Crippen LogP contribution in [0.3, 0.4) is 0 Å². The van der Waals surface area contributed by atoms with Crippen molar-refractivity contribution in [3.05, 3.63) is 0 Å². The monoisotopic (exact) mass is 200 g/mol. The van der Waals surface area contributed by atoms with Crippen LogP contribution in [0.5, 0.6) is 0 Å². The Hall–Kier alpha value is -0.570. The highest BCUT2D eigenvalue weighted by atomic mass is 16.8. The molecular formula is C11H20O3. The van der Waals surface area contributed by atoms with Crippen molar-refractivity contribution in [2.45, 2.75) is 53.9 Å². The van der Waals surface area contributed by atoms with Gasteiger partial charge in [0, 0.05) is 5.41 Å². The third-order valence-electron chi connectivity index (χ3n) is 2.19. The van der Waals surface area contributed by atoms with Gasteiger partial charge in [-0.1, -0.05) is 41.5 Å². The van der Waals surface area contributed by atoms with Gasteiger partial charge in [-0.3, -0.25) is 0 Å². The molecule has 0 saturated carbocycles. The Labute approximate surface area is 85.8 Å². The van der Waals surface area contributed by atoms with Crippen molar-refractivity contribution in [3.8, 4) is 0 Å². The van der Waals surface area contributed by atoms with E-state index in [1.807, 2.05) is 41.5 Å². The first-order valence-electron chi connectivity index (χ1n) is 4.98. The molecule has 0 radical (unpaired) electrons. The standard InChI is InChI=1S/C11H20O3/c1-10(2,3)7-8(12)14-9(13-7)11(4,5)6/h7,9H,1-6H3/t7-,9+/m1/s1. The predicted octanol–water partition coefficient (Wildman–Crippen LogP) is 2.35. The SMILES string of the molecule is CC(C)(C)[C@@H]1OC(=O)[C@H](C(C)(C)C)O1. The third-order valence-corrected chi connectivity index (χ3v) is 2.19. The van der Waals surface area contributed by atoms with E-state index in [0.29, 0.717) is 0 Å². The minimum absolute atomic E-state index is 0.157. The van der Waals surface area contributed by atoms with Crippen LogP contribution < -0.4 is 0 Å². The second-order valence-electron chi connectivity index (χ2n) is 6.02. The molecule has 1 aliphatic rings. The molecule has 0 aromatic rings. The third kappa shape index (κ3) is 2.27. The van der Waals surface area contributed by atoms with Gasteiger partial charge in [-0.25, -0.2) is 4.79 Å². The predicted molar refractivity (Wildman–Crippen MR) is 53.7 cm³/mol. The van der Waals surface area contributed by atoms with Gasteiger partial charge in [-0.2, -0.15) is 0 Å². The Morgan fingerprint density at radius 1 is 1.00 bits per heavy atom. The van der Waals surface area contributed by atoms with Crippen LogP contribution in [0.25, 0.3) is 0 Å². The molecule has 0 aliphatic carbocycles. The summed E-state index contributed by atoms with van der Waals surface area (Å²) in [5, 5.41) is 0. The normalized spacial score (nSPS) is 29.1. The molecule has 0 bridgehead atoms. The Kier molecular flexibility index (Phi) is 2.65. The van der Waals surface area contributed by atoms with Gasteiger partial charge in [0.25, 0.3) is 0 Å². The summed E-state index contributed by atoms with van der Waals surface area (Å²) in [6.45, 7) is 11.9. The molecule has 1 fully saturated rings. The summed E-state index contributed by atoms with van der Waals surface area (Å²) < 4.78 is 10.8. The summed E-state index contributed by atoms with van der Waals surface area (Å²) >= 11 is 0. The lowest BCUT2D eigenvalue weighted by molar-refractivity contribution is -0.155. The average Bonchev–Trinajstić information content (AvgIpc) is 2.27. The van der Waals surface area contributed by atoms with E-state index in [0.717, 1.165) is 0 Å². The number of carbonyl (C=O) groups excluding carboxylic acids is 1. The number of carbonyl (C=O) groups is 1. The van der Waals surface area contributed by atoms with Gasteiger partial charge in [0.15, 0.2) is 6.10 Å². The van der Waals surface area contributed by atoms with Gasteiger partial charge < -0.3 is 9.47 Å². The summed E-state index contributed by atoms with van der Waals surface area (Å²) in [4.78, 5) is 11.5. The Balaban J connectivity index is 2.75. The highest BCUT2D eigenvalue weighted by Crippen LogP contribution is 2.35. The van der Waals surface area contributed by atoms with E-state index in [-0.39, 0.29) is 16.8 Å². The van der Waals surface area contributed by atoms with Gasteiger partial charge in [0.2, 0.25) is 6.29 Å². The fraction of sp³-hybridized carbons (Fsp3) is 0.909. The molecule has 3 nitrogen and oxygen atoms in total. The van der Waals surface area contributed by atoms with Crippen LogP contribution in [-0.4, -0.2) is 18.4 Å². The van der Waals surface area contributed by atoms with E-state index >= 15 is 0 Å². The van der Waals surface area contributed by atoms with Crippen molar-refractivity contribution in [1.29, 1.82) is 0 Å². The zero-order valence-corrected chi connectivity index (χ0v) is 9.88. The Bertz CT molecular complexity index is 232. The van der Waals surface area contributed by atoms with Crippen LogP contribution in [0.1, 0.15) is 41.5 Å². The molecule has 2 atom stereocenters. The summed E-state index contributed by atoms with van der Waals surface area (Å²) in [5.74, 6) is -0.238. The maximum Gasteiger partial charge on any atom is 0.338 e. The summed E-state index contributed by atoms with van der Waals surface area (Å²) in [7, 11) is 0. The molecule has 1 saturated heterocycles. The maximum atomic E-state index is 11.5. The first kappa shape index (κ1) is 11.5. The van der Waals surface area contributed by atoms with Crippen LogP contribution in [0.2, 0.25) is 0 Å². The molecule has 82 valence electrons. The van der Waals surface area contributed by atoms with Crippen molar-refractivity contribution in [3.63, 3.8) is 0 Å². The second-order valence-corrected chi connectivity index (χ2v) is 6.02. The molecule has 1 aliphatic heterocycles. The van der Waals surface area contributed by atoms with Crippen molar-refractivity contribution in [2.75, 3.05) is 0 Å². The smallest absolute Gasteiger partial charge is 0.338 e. The zero-order chi connectivity index (χ0) is 11.1. The van der Waals surface area contributed by atoms with Crippen molar-refractivity contribution in [1.82, 2.24) is 0 Å². The van der Waals surface area contributed by atoms with Gasteiger partial charge >= 0.3 is 5.97 Å². The van der Waals surface area contributed by atoms with Gasteiger partial charge in [0.1, 0.15) is 0 Å². The van der Waals surface area contributed by atoms with Crippen LogP contribution in [-0.2, 0) is 14.3 Å². The van der Waals surface area contributed by atoms with Gasteiger partial charge in [0.05, 0.1) is 0 Å². The van der Waals surface area contributed by atoms with Crippen LogP contribution in [0, 0.1) is 10.8 Å². The van der Waals surface area contributed by atoms with Crippen molar-refractivity contribution < 1.29 is 14.3 Å². The molecule has 0 spiro atoms. The van der Waals surface area contributed by atoms with Crippen LogP contribution in [0.15, 0.2) is 0 Å². The number of hydrogen-bond acceptors (Lipinski definition) is 3. The van der Waals surface area contributed by atoms with E-state index in [1.54, 1.807) is 0 Å². The molecule has 0 aromatic heterocycles. The highest BCUT2D eigenvalue weighted by molar-refractivity contribution is 5.77. The molecule has 3 heteroatoms. The zero-order valence-electron chi connectivity index (χ0n) is 9.88. The molecular weight excluding hydrogens is 180 g/mol. The number of hydrogen-bond donors (Lipinski definition) is 0. The quantitative estimate of drug-likeness (QED) is 0.563. The van der Waals surface area contributed by atoms with E-state index < -0.39 is 12.4 Å². The highest BCUT2D eigenvalue weighted by Gasteiger charge is 2.46. The minimum atomic E-state index is -0.438. The van der Waals surface area contributed by atoms with Gasteiger partial charge in [-0.15, -0.1) is 0 Å². The van der Waals surface area contributed by atoms with Gasteiger partial charge in [-0.05, 0) is 5.41 Å². The van der Waals surface area contributed by atoms with Crippen molar-refractivity contribution in [2.24, 2.45) is 10.8 Å². The first-order valence-corrected chi connectivity index (χ1v) is 4.98. The fourth-order valence-electron chi connectivity index (χ4n) is 1.31. The molecule has 14 heavy (non-hydrogen) atoms. The summed E-state index contributed by atoms with van der Waals surface area (Å²) in [6, 6.07) is 0. The lowest BCUT2D eigenvalue weighted by Crippen LogP contribution is -2.33. The van der Waals surface area contributed by atoms with E-state index in [2.05, 4.69) is 0 Å². The second kappa shape index (κ2) is 3.23. The Morgan fingerprint density at radius 2 is 1.50 bits per heavy atom. The largest absolute Gasteiger partial charge is 0.433 e.